The summed E-state index contributed by atoms with van der Waals surface area (Å²) in [6.45, 7) is 3.81. The molecule has 0 fully saturated rings. The third-order valence-electron chi connectivity index (χ3n) is 1.54. The van der Waals surface area contributed by atoms with Crippen molar-refractivity contribution >= 4 is 28.6 Å². The summed E-state index contributed by atoms with van der Waals surface area (Å²) < 4.78 is 6.38. The Labute approximate surface area is 96.2 Å². The van der Waals surface area contributed by atoms with Gasteiger partial charge >= 0.3 is 5.97 Å². The highest BCUT2D eigenvalue weighted by atomic mass is 127. The maximum atomic E-state index is 10.7. The third kappa shape index (κ3) is 2.87. The molecule has 1 N–H and O–H groups in total. The molecular formula is C10H11IO3. The predicted molar refractivity (Wildman–Crippen MR) is 61.9 cm³/mol. The summed E-state index contributed by atoms with van der Waals surface area (Å²) in [5, 5.41) is 8.78. The summed E-state index contributed by atoms with van der Waals surface area (Å²) in [4.78, 5) is 10.7. The number of hydrogen-bond acceptors (Lipinski definition) is 2. The molecule has 0 saturated carbocycles. The fraction of sp³-hybridized carbons (Fsp3) is 0.300. The molecule has 3 nitrogen and oxygen atoms in total. The van der Waals surface area contributed by atoms with Gasteiger partial charge in [0.25, 0.3) is 0 Å². The van der Waals surface area contributed by atoms with Crippen LogP contribution in [0.4, 0.5) is 0 Å². The van der Waals surface area contributed by atoms with E-state index in [1.807, 2.05) is 13.8 Å². The zero-order valence-electron chi connectivity index (χ0n) is 7.95. The van der Waals surface area contributed by atoms with Crippen molar-refractivity contribution in [2.45, 2.75) is 20.0 Å². The lowest BCUT2D eigenvalue weighted by molar-refractivity contribution is 0.0696. The molecule has 0 aromatic heterocycles. The number of carbonyl (C=O) groups is 1. The minimum atomic E-state index is -0.935. The Morgan fingerprint density at radius 2 is 2.14 bits per heavy atom. The molecule has 0 radical (unpaired) electrons. The van der Waals surface area contributed by atoms with E-state index >= 15 is 0 Å². The lowest BCUT2D eigenvalue weighted by atomic mass is 10.2. The summed E-state index contributed by atoms with van der Waals surface area (Å²) in [6.07, 6.45) is 0.0487. The average molecular weight is 306 g/mol. The highest BCUT2D eigenvalue weighted by molar-refractivity contribution is 14.1. The van der Waals surface area contributed by atoms with E-state index in [0.29, 0.717) is 5.75 Å². The highest BCUT2D eigenvalue weighted by Gasteiger charge is 2.08. The van der Waals surface area contributed by atoms with Crippen LogP contribution in [0.25, 0.3) is 0 Å². The van der Waals surface area contributed by atoms with Gasteiger partial charge in [0.15, 0.2) is 0 Å². The first-order valence-corrected chi connectivity index (χ1v) is 5.28. The van der Waals surface area contributed by atoms with Crippen LogP contribution in [0.2, 0.25) is 0 Å². The molecule has 4 heteroatoms. The number of aromatic carboxylic acids is 1. The molecule has 0 aliphatic rings. The number of carboxylic acids is 1. The molecule has 0 unspecified atom stereocenters. The molecule has 0 aliphatic carbocycles. The molecule has 0 heterocycles. The Morgan fingerprint density at radius 3 is 2.64 bits per heavy atom. The Hall–Kier alpha value is -0.780. The monoisotopic (exact) mass is 306 g/mol. The first-order valence-electron chi connectivity index (χ1n) is 4.20. The summed E-state index contributed by atoms with van der Waals surface area (Å²) in [6, 6.07) is 4.85. The summed E-state index contributed by atoms with van der Waals surface area (Å²) in [7, 11) is 0. The van der Waals surface area contributed by atoms with E-state index in [1.54, 1.807) is 18.2 Å². The van der Waals surface area contributed by atoms with Crippen molar-refractivity contribution in [2.24, 2.45) is 0 Å². The van der Waals surface area contributed by atoms with Crippen LogP contribution in [0.3, 0.4) is 0 Å². The van der Waals surface area contributed by atoms with Gasteiger partial charge < -0.3 is 9.84 Å². The van der Waals surface area contributed by atoms with Crippen molar-refractivity contribution in [1.82, 2.24) is 0 Å². The molecule has 1 rings (SSSR count). The molecule has 0 bridgehead atoms. The van der Waals surface area contributed by atoms with E-state index in [0.717, 1.165) is 3.57 Å². The number of carboxylic acid groups (broad SMARTS) is 1. The summed E-state index contributed by atoms with van der Waals surface area (Å²) >= 11 is 2.12. The molecule has 14 heavy (non-hydrogen) atoms. The second-order valence-corrected chi connectivity index (χ2v) is 4.28. The van der Waals surface area contributed by atoms with Crippen molar-refractivity contribution in [3.05, 3.63) is 27.3 Å². The Bertz CT molecular complexity index is 347. The largest absolute Gasteiger partial charge is 0.490 e. The van der Waals surface area contributed by atoms with Crippen LogP contribution in [0.5, 0.6) is 5.75 Å². The summed E-state index contributed by atoms with van der Waals surface area (Å²) in [5.41, 5.74) is 0.251. The first-order chi connectivity index (χ1) is 6.50. The van der Waals surface area contributed by atoms with E-state index in [2.05, 4.69) is 22.6 Å². The van der Waals surface area contributed by atoms with Crippen LogP contribution in [-0.2, 0) is 0 Å². The van der Waals surface area contributed by atoms with Crippen molar-refractivity contribution in [3.8, 4) is 5.75 Å². The summed E-state index contributed by atoms with van der Waals surface area (Å²) in [5.74, 6) is -0.310. The lowest BCUT2D eigenvalue weighted by Crippen LogP contribution is -2.07. The minimum Gasteiger partial charge on any atom is -0.490 e. The van der Waals surface area contributed by atoms with Gasteiger partial charge in [-0.2, -0.15) is 0 Å². The molecule has 1 aromatic rings. The van der Waals surface area contributed by atoms with Crippen LogP contribution in [0.15, 0.2) is 18.2 Å². The smallest absolute Gasteiger partial charge is 0.335 e. The fourth-order valence-corrected chi connectivity index (χ4v) is 1.44. The van der Waals surface area contributed by atoms with Gasteiger partial charge in [0.05, 0.1) is 15.2 Å². The standard InChI is InChI=1S/C10H11IO3/c1-6(2)14-9-5-7(10(12)13)3-4-8(9)11/h3-6H,1-2H3,(H,12,13). The molecule has 0 amide bonds. The van der Waals surface area contributed by atoms with E-state index in [9.17, 15) is 4.79 Å². The first kappa shape index (κ1) is 11.3. The van der Waals surface area contributed by atoms with Gasteiger partial charge in [0.2, 0.25) is 0 Å². The van der Waals surface area contributed by atoms with Gasteiger partial charge in [-0.15, -0.1) is 0 Å². The van der Waals surface area contributed by atoms with Crippen LogP contribution in [0.1, 0.15) is 24.2 Å². The highest BCUT2D eigenvalue weighted by Crippen LogP contribution is 2.23. The van der Waals surface area contributed by atoms with Crippen molar-refractivity contribution in [3.63, 3.8) is 0 Å². The maximum Gasteiger partial charge on any atom is 0.335 e. The average Bonchev–Trinajstić information content (AvgIpc) is 2.07. The van der Waals surface area contributed by atoms with Crippen LogP contribution in [0, 0.1) is 3.57 Å². The van der Waals surface area contributed by atoms with Crippen LogP contribution >= 0.6 is 22.6 Å². The molecule has 1 aromatic carbocycles. The molecule has 0 spiro atoms. The molecule has 0 saturated heterocycles. The van der Waals surface area contributed by atoms with Gasteiger partial charge in [-0.3, -0.25) is 0 Å². The van der Waals surface area contributed by atoms with Crippen molar-refractivity contribution < 1.29 is 14.6 Å². The van der Waals surface area contributed by atoms with Gasteiger partial charge in [-0.1, -0.05) is 0 Å². The van der Waals surface area contributed by atoms with E-state index in [4.69, 9.17) is 9.84 Å². The fourth-order valence-electron chi connectivity index (χ4n) is 0.981. The maximum absolute atomic E-state index is 10.7. The number of hydrogen-bond donors (Lipinski definition) is 1. The molecule has 0 atom stereocenters. The number of ether oxygens (including phenoxy) is 1. The van der Waals surface area contributed by atoms with Gasteiger partial charge in [-0.05, 0) is 54.6 Å². The van der Waals surface area contributed by atoms with E-state index in [-0.39, 0.29) is 11.7 Å². The number of benzene rings is 1. The van der Waals surface area contributed by atoms with Crippen LogP contribution in [-0.4, -0.2) is 17.2 Å². The molecule has 76 valence electrons. The topological polar surface area (TPSA) is 46.5 Å². The molecule has 0 aliphatic heterocycles. The Morgan fingerprint density at radius 1 is 1.50 bits per heavy atom. The van der Waals surface area contributed by atoms with Crippen LogP contribution < -0.4 is 4.74 Å². The number of rotatable bonds is 3. The zero-order chi connectivity index (χ0) is 10.7. The lowest BCUT2D eigenvalue weighted by Gasteiger charge is -2.11. The Balaban J connectivity index is 3.02. The van der Waals surface area contributed by atoms with E-state index < -0.39 is 5.97 Å². The van der Waals surface area contributed by atoms with E-state index in [1.165, 1.54) is 0 Å². The predicted octanol–water partition coefficient (Wildman–Crippen LogP) is 2.78. The second-order valence-electron chi connectivity index (χ2n) is 3.12. The SMILES string of the molecule is CC(C)Oc1cc(C(=O)O)ccc1I. The Kier molecular flexibility index (Phi) is 3.74. The normalized spacial score (nSPS) is 10.3. The minimum absolute atomic E-state index is 0.0487. The van der Waals surface area contributed by atoms with Crippen molar-refractivity contribution in [1.29, 1.82) is 0 Å². The van der Waals surface area contributed by atoms with Gasteiger partial charge in [0, 0.05) is 0 Å². The quantitative estimate of drug-likeness (QED) is 0.874. The van der Waals surface area contributed by atoms with Crippen molar-refractivity contribution in [2.75, 3.05) is 0 Å². The zero-order valence-corrected chi connectivity index (χ0v) is 10.1. The molecular weight excluding hydrogens is 295 g/mol. The van der Waals surface area contributed by atoms with Gasteiger partial charge in [-0.25, -0.2) is 4.79 Å². The van der Waals surface area contributed by atoms with Gasteiger partial charge in [0.1, 0.15) is 5.75 Å². The third-order valence-corrected chi connectivity index (χ3v) is 2.43. The number of halogens is 1. The second kappa shape index (κ2) is 4.63.